The Morgan fingerprint density at radius 2 is 1.95 bits per heavy atom. The molecule has 21 heavy (non-hydrogen) atoms. The van der Waals surface area contributed by atoms with Crippen LogP contribution in [0.2, 0.25) is 0 Å². The highest BCUT2D eigenvalue weighted by Gasteiger charge is 2.30. The number of para-hydroxylation sites is 1. The summed E-state index contributed by atoms with van der Waals surface area (Å²) < 4.78 is 0. The maximum absolute atomic E-state index is 12.3. The van der Waals surface area contributed by atoms with Crippen LogP contribution < -0.4 is 10.2 Å². The molecule has 0 aliphatic carbocycles. The van der Waals surface area contributed by atoms with Crippen molar-refractivity contribution < 1.29 is 9.59 Å². The van der Waals surface area contributed by atoms with Crippen LogP contribution in [-0.2, 0) is 4.79 Å². The second-order valence-electron chi connectivity index (χ2n) is 5.25. The van der Waals surface area contributed by atoms with Crippen molar-refractivity contribution in [1.29, 1.82) is 0 Å². The number of hydrogen-bond acceptors (Lipinski definition) is 2. The molecule has 0 radical (unpaired) electrons. The van der Waals surface area contributed by atoms with Crippen LogP contribution in [-0.4, -0.2) is 43.0 Å². The zero-order valence-electron chi connectivity index (χ0n) is 12.5. The third-order valence-electron chi connectivity index (χ3n) is 3.60. The van der Waals surface area contributed by atoms with Crippen molar-refractivity contribution in [3.05, 3.63) is 30.3 Å². The van der Waals surface area contributed by atoms with Gasteiger partial charge in [0.15, 0.2) is 0 Å². The van der Waals surface area contributed by atoms with Gasteiger partial charge in [0, 0.05) is 25.3 Å². The van der Waals surface area contributed by atoms with Crippen LogP contribution in [0.15, 0.2) is 30.3 Å². The fourth-order valence-corrected chi connectivity index (χ4v) is 2.41. The lowest BCUT2D eigenvalue weighted by molar-refractivity contribution is -0.121. The Bertz CT molecular complexity index is 476. The Hall–Kier alpha value is -2.04. The van der Waals surface area contributed by atoms with Crippen molar-refractivity contribution in [2.24, 2.45) is 0 Å². The number of amides is 3. The largest absolute Gasteiger partial charge is 0.355 e. The van der Waals surface area contributed by atoms with Gasteiger partial charge in [0.1, 0.15) is 6.54 Å². The molecule has 3 amide bonds. The van der Waals surface area contributed by atoms with Gasteiger partial charge >= 0.3 is 6.03 Å². The van der Waals surface area contributed by atoms with Crippen molar-refractivity contribution in [3.63, 3.8) is 0 Å². The van der Waals surface area contributed by atoms with Gasteiger partial charge in [-0.1, -0.05) is 38.0 Å². The summed E-state index contributed by atoms with van der Waals surface area (Å²) in [4.78, 5) is 27.4. The molecule has 1 fully saturated rings. The second kappa shape index (κ2) is 7.67. The van der Waals surface area contributed by atoms with Crippen LogP contribution in [0.1, 0.15) is 26.2 Å². The number of urea groups is 1. The normalized spacial score (nSPS) is 14.6. The second-order valence-corrected chi connectivity index (χ2v) is 5.25. The molecule has 0 bridgehead atoms. The van der Waals surface area contributed by atoms with Gasteiger partial charge in [0.05, 0.1) is 0 Å². The van der Waals surface area contributed by atoms with E-state index in [0.29, 0.717) is 19.6 Å². The molecule has 1 aromatic carbocycles. The Balaban J connectivity index is 1.81. The van der Waals surface area contributed by atoms with Gasteiger partial charge in [-0.05, 0) is 18.6 Å². The Morgan fingerprint density at radius 1 is 1.19 bits per heavy atom. The van der Waals surface area contributed by atoms with Gasteiger partial charge in [0.25, 0.3) is 0 Å². The number of nitrogens with one attached hydrogen (secondary N) is 1. The zero-order chi connectivity index (χ0) is 15.1. The third kappa shape index (κ3) is 4.21. The van der Waals surface area contributed by atoms with Crippen LogP contribution in [0.3, 0.4) is 0 Å². The third-order valence-corrected chi connectivity index (χ3v) is 3.60. The molecule has 1 aliphatic rings. The molecule has 0 unspecified atom stereocenters. The van der Waals surface area contributed by atoms with Crippen molar-refractivity contribution >= 4 is 17.6 Å². The standard InChI is InChI=1S/C16H23N3O2/c1-2-3-7-10-17-15(20)13-18-11-12-19(16(18)21)14-8-5-4-6-9-14/h4-6,8-9H,2-3,7,10-13H2,1H3,(H,17,20). The van der Waals surface area contributed by atoms with Gasteiger partial charge in [-0.25, -0.2) is 4.79 Å². The minimum absolute atomic E-state index is 0.0747. The Morgan fingerprint density at radius 3 is 2.67 bits per heavy atom. The molecule has 0 aromatic heterocycles. The lowest BCUT2D eigenvalue weighted by Crippen LogP contribution is -2.40. The van der Waals surface area contributed by atoms with E-state index in [2.05, 4.69) is 12.2 Å². The highest BCUT2D eigenvalue weighted by molar-refractivity contribution is 5.96. The Kier molecular flexibility index (Phi) is 5.60. The SMILES string of the molecule is CCCCCNC(=O)CN1CCN(c2ccccc2)C1=O. The van der Waals surface area contributed by atoms with E-state index in [1.807, 2.05) is 30.3 Å². The molecular formula is C16H23N3O2. The first kappa shape index (κ1) is 15.4. The summed E-state index contributed by atoms with van der Waals surface area (Å²) in [5.41, 5.74) is 0.883. The lowest BCUT2D eigenvalue weighted by Gasteiger charge is -2.18. The first-order valence-corrected chi connectivity index (χ1v) is 7.60. The first-order valence-electron chi connectivity index (χ1n) is 7.60. The molecule has 1 heterocycles. The van der Waals surface area contributed by atoms with E-state index < -0.39 is 0 Å². The van der Waals surface area contributed by atoms with Crippen molar-refractivity contribution in [1.82, 2.24) is 10.2 Å². The van der Waals surface area contributed by atoms with E-state index in [1.165, 1.54) is 0 Å². The van der Waals surface area contributed by atoms with Gasteiger partial charge in [0.2, 0.25) is 5.91 Å². The number of carbonyl (C=O) groups is 2. The van der Waals surface area contributed by atoms with Crippen LogP contribution in [0.25, 0.3) is 0 Å². The molecule has 0 atom stereocenters. The van der Waals surface area contributed by atoms with E-state index >= 15 is 0 Å². The highest BCUT2D eigenvalue weighted by atomic mass is 16.2. The summed E-state index contributed by atoms with van der Waals surface area (Å²) in [5.74, 6) is -0.0747. The van der Waals surface area contributed by atoms with Crippen LogP contribution in [0.4, 0.5) is 10.5 Å². The average Bonchev–Trinajstić information content (AvgIpc) is 2.86. The van der Waals surface area contributed by atoms with Crippen LogP contribution in [0, 0.1) is 0 Å². The number of unbranched alkanes of at least 4 members (excludes halogenated alkanes) is 2. The maximum Gasteiger partial charge on any atom is 0.325 e. The van der Waals surface area contributed by atoms with Crippen molar-refractivity contribution in [2.75, 3.05) is 31.1 Å². The zero-order valence-corrected chi connectivity index (χ0v) is 12.5. The molecule has 0 saturated carbocycles. The molecule has 2 rings (SSSR count). The van der Waals surface area contributed by atoms with Gasteiger partial charge in [-0.15, -0.1) is 0 Å². The number of benzene rings is 1. The molecular weight excluding hydrogens is 266 g/mol. The van der Waals surface area contributed by atoms with Crippen LogP contribution in [0.5, 0.6) is 0 Å². The quantitative estimate of drug-likeness (QED) is 0.783. The highest BCUT2D eigenvalue weighted by Crippen LogP contribution is 2.19. The van der Waals surface area contributed by atoms with E-state index in [1.54, 1.807) is 9.80 Å². The monoisotopic (exact) mass is 289 g/mol. The predicted octanol–water partition coefficient (Wildman–Crippen LogP) is 2.23. The Labute approximate surface area is 125 Å². The summed E-state index contributed by atoms with van der Waals surface area (Å²) in [6.45, 7) is 4.19. The number of nitrogens with zero attached hydrogens (tertiary/aromatic N) is 2. The number of anilines is 1. The van der Waals surface area contributed by atoms with Crippen LogP contribution >= 0.6 is 0 Å². The summed E-state index contributed by atoms with van der Waals surface area (Å²) in [6.07, 6.45) is 3.24. The minimum atomic E-state index is -0.0927. The van der Waals surface area contributed by atoms with Crippen molar-refractivity contribution in [3.8, 4) is 0 Å². The summed E-state index contributed by atoms with van der Waals surface area (Å²) in [6, 6.07) is 9.46. The van der Waals surface area contributed by atoms with Gasteiger partial charge in [-0.3, -0.25) is 9.69 Å². The maximum atomic E-state index is 12.3. The molecule has 0 spiro atoms. The summed E-state index contributed by atoms with van der Waals surface area (Å²) in [7, 11) is 0. The fraction of sp³-hybridized carbons (Fsp3) is 0.500. The molecule has 5 heteroatoms. The van der Waals surface area contributed by atoms with E-state index in [-0.39, 0.29) is 18.5 Å². The summed E-state index contributed by atoms with van der Waals surface area (Å²) >= 11 is 0. The van der Waals surface area contributed by atoms with E-state index in [0.717, 1.165) is 24.9 Å². The average molecular weight is 289 g/mol. The smallest absolute Gasteiger partial charge is 0.325 e. The summed E-state index contributed by atoms with van der Waals surface area (Å²) in [5, 5.41) is 2.87. The molecule has 1 N–H and O–H groups in total. The first-order chi connectivity index (χ1) is 10.2. The molecule has 1 aromatic rings. The molecule has 1 saturated heterocycles. The van der Waals surface area contributed by atoms with E-state index in [9.17, 15) is 9.59 Å². The molecule has 114 valence electrons. The van der Waals surface area contributed by atoms with Gasteiger partial charge in [-0.2, -0.15) is 0 Å². The predicted molar refractivity (Wildman–Crippen MR) is 83.3 cm³/mol. The van der Waals surface area contributed by atoms with Gasteiger partial charge < -0.3 is 10.2 Å². The fourth-order valence-electron chi connectivity index (χ4n) is 2.41. The number of rotatable bonds is 7. The van der Waals surface area contributed by atoms with E-state index in [4.69, 9.17) is 0 Å². The molecule has 1 aliphatic heterocycles. The van der Waals surface area contributed by atoms with Crippen molar-refractivity contribution in [2.45, 2.75) is 26.2 Å². The minimum Gasteiger partial charge on any atom is -0.355 e. The number of hydrogen-bond donors (Lipinski definition) is 1. The lowest BCUT2D eigenvalue weighted by atomic mass is 10.2. The molecule has 5 nitrogen and oxygen atoms in total. The number of carbonyl (C=O) groups excluding carboxylic acids is 2. The topological polar surface area (TPSA) is 52.7 Å².